The number of ether oxygens (including phenoxy) is 1. The van der Waals surface area contributed by atoms with Crippen LogP contribution in [-0.2, 0) is 22.7 Å². The second-order valence-electron chi connectivity index (χ2n) is 4.66. The zero-order valence-corrected chi connectivity index (χ0v) is 15.9. The molecule has 0 fully saturated rings. The Balaban J connectivity index is 0.000000257. The van der Waals surface area contributed by atoms with E-state index in [1.54, 1.807) is 0 Å². The molecule has 0 spiro atoms. The zero-order valence-electron chi connectivity index (χ0n) is 12.8. The van der Waals surface area contributed by atoms with E-state index in [1.807, 2.05) is 0 Å². The normalized spacial score (nSPS) is 10.1. The third-order valence-electron chi connectivity index (χ3n) is 2.74. The fourth-order valence-electron chi connectivity index (χ4n) is 1.62. The van der Waals surface area contributed by atoms with Gasteiger partial charge >= 0.3 is 5.97 Å². The van der Waals surface area contributed by atoms with E-state index >= 15 is 0 Å². The first-order chi connectivity index (χ1) is 11.6. The lowest BCUT2D eigenvalue weighted by molar-refractivity contribution is -0.142. The van der Waals surface area contributed by atoms with E-state index in [9.17, 15) is 22.4 Å². The monoisotopic (exact) mass is 486 g/mol. The van der Waals surface area contributed by atoms with Crippen molar-refractivity contribution in [2.24, 2.45) is 0 Å². The third kappa shape index (κ3) is 6.75. The van der Waals surface area contributed by atoms with E-state index in [2.05, 4.69) is 36.6 Å². The molecule has 0 aliphatic heterocycles. The van der Waals surface area contributed by atoms with E-state index in [0.717, 1.165) is 12.1 Å². The smallest absolute Gasteiger partial charge is 0.302 e. The topological polar surface area (TPSA) is 46.5 Å². The summed E-state index contributed by atoms with van der Waals surface area (Å²) in [6.07, 6.45) is 0. The molecule has 0 bridgehead atoms. The number of benzene rings is 2. The van der Waals surface area contributed by atoms with Crippen LogP contribution in [-0.4, -0.2) is 11.1 Å². The summed E-state index contributed by atoms with van der Waals surface area (Å²) in [5.41, 5.74) is -0.0380. The van der Waals surface area contributed by atoms with E-state index in [-0.39, 0.29) is 17.7 Å². The highest BCUT2D eigenvalue weighted by molar-refractivity contribution is 9.10. The Morgan fingerprint density at radius 2 is 1.40 bits per heavy atom. The number of aliphatic hydroxyl groups excluding tert-OH is 1. The first-order valence-electron chi connectivity index (χ1n) is 6.66. The van der Waals surface area contributed by atoms with Gasteiger partial charge in [0.25, 0.3) is 0 Å². The van der Waals surface area contributed by atoms with Gasteiger partial charge in [-0.25, -0.2) is 17.6 Å². The molecule has 136 valence electrons. The minimum absolute atomic E-state index is 0.00655. The lowest BCUT2D eigenvalue weighted by Crippen LogP contribution is -2.02. The summed E-state index contributed by atoms with van der Waals surface area (Å²) in [6.45, 7) is 0.436. The standard InChI is InChI=1S/C9H7BrF2O2.C7H5BrF2O/c1-5(13)14-4-6-2-7(10)3-8(11)9(6)12;8-5-1-4(3-11)7(10)6(9)2-5/h2-3H,4H2,1H3;1-2,11H,3H2. The Kier molecular flexibility index (Phi) is 8.54. The van der Waals surface area contributed by atoms with Crippen LogP contribution in [0.25, 0.3) is 0 Å². The summed E-state index contributed by atoms with van der Waals surface area (Å²) in [7, 11) is 0. The van der Waals surface area contributed by atoms with Crippen molar-refractivity contribution in [2.45, 2.75) is 20.1 Å². The SMILES string of the molecule is CC(=O)OCc1cc(Br)cc(F)c1F.OCc1cc(Br)cc(F)c1F. The van der Waals surface area contributed by atoms with Crippen molar-refractivity contribution in [3.63, 3.8) is 0 Å². The average molecular weight is 488 g/mol. The molecular formula is C16H12Br2F4O3. The van der Waals surface area contributed by atoms with Gasteiger partial charge in [0.2, 0.25) is 0 Å². The number of carbonyl (C=O) groups excluding carboxylic acids is 1. The maximum Gasteiger partial charge on any atom is 0.302 e. The predicted molar refractivity (Wildman–Crippen MR) is 89.5 cm³/mol. The van der Waals surface area contributed by atoms with Gasteiger partial charge in [0.05, 0.1) is 6.61 Å². The Morgan fingerprint density at radius 3 is 1.84 bits per heavy atom. The minimum Gasteiger partial charge on any atom is -0.461 e. The Bertz CT molecular complexity index is 770. The number of hydrogen-bond acceptors (Lipinski definition) is 3. The summed E-state index contributed by atoms with van der Waals surface area (Å²) in [4.78, 5) is 10.4. The average Bonchev–Trinajstić information content (AvgIpc) is 2.53. The van der Waals surface area contributed by atoms with Gasteiger partial charge in [0, 0.05) is 27.0 Å². The number of hydrogen-bond donors (Lipinski definition) is 1. The molecule has 2 rings (SSSR count). The Hall–Kier alpha value is -1.45. The van der Waals surface area contributed by atoms with Gasteiger partial charge in [0.1, 0.15) is 6.61 Å². The molecule has 0 amide bonds. The van der Waals surface area contributed by atoms with Gasteiger partial charge < -0.3 is 9.84 Å². The molecule has 0 radical (unpaired) electrons. The summed E-state index contributed by atoms with van der Waals surface area (Å²) in [5, 5.41) is 8.54. The molecule has 2 aromatic rings. The van der Waals surface area contributed by atoms with Crippen LogP contribution in [0, 0.1) is 23.3 Å². The summed E-state index contributed by atoms with van der Waals surface area (Å²) in [6, 6.07) is 4.71. The van der Waals surface area contributed by atoms with Crippen LogP contribution in [0.5, 0.6) is 0 Å². The van der Waals surface area contributed by atoms with Gasteiger partial charge in [-0.2, -0.15) is 0 Å². The van der Waals surface area contributed by atoms with Crippen molar-refractivity contribution >= 4 is 37.8 Å². The highest BCUT2D eigenvalue weighted by atomic mass is 79.9. The fourth-order valence-corrected chi connectivity index (χ4v) is 2.57. The van der Waals surface area contributed by atoms with Crippen molar-refractivity contribution in [3.8, 4) is 0 Å². The molecule has 25 heavy (non-hydrogen) atoms. The van der Waals surface area contributed by atoms with Crippen molar-refractivity contribution in [2.75, 3.05) is 0 Å². The van der Waals surface area contributed by atoms with E-state index in [1.165, 1.54) is 19.1 Å². The van der Waals surface area contributed by atoms with E-state index < -0.39 is 35.8 Å². The molecule has 3 nitrogen and oxygen atoms in total. The van der Waals surface area contributed by atoms with Crippen molar-refractivity contribution in [3.05, 3.63) is 67.6 Å². The van der Waals surface area contributed by atoms with E-state index in [4.69, 9.17) is 5.11 Å². The van der Waals surface area contributed by atoms with Gasteiger partial charge in [-0.05, 0) is 24.3 Å². The lowest BCUT2D eigenvalue weighted by atomic mass is 10.2. The molecule has 0 aliphatic carbocycles. The fraction of sp³-hybridized carbons (Fsp3) is 0.188. The van der Waals surface area contributed by atoms with Gasteiger partial charge in [-0.15, -0.1) is 0 Å². The predicted octanol–water partition coefficient (Wildman–Crippen LogP) is 5.01. The number of rotatable bonds is 3. The molecule has 2 aromatic carbocycles. The zero-order chi connectivity index (χ0) is 19.1. The van der Waals surface area contributed by atoms with Crippen LogP contribution in [0.15, 0.2) is 33.2 Å². The maximum atomic E-state index is 13.0. The molecule has 9 heteroatoms. The quantitative estimate of drug-likeness (QED) is 0.376. The summed E-state index contributed by atoms with van der Waals surface area (Å²) in [5.74, 6) is -4.44. The molecule has 0 aromatic heterocycles. The van der Waals surface area contributed by atoms with Crippen LogP contribution in [0.4, 0.5) is 17.6 Å². The Morgan fingerprint density at radius 1 is 0.960 bits per heavy atom. The van der Waals surface area contributed by atoms with Crippen LogP contribution >= 0.6 is 31.9 Å². The number of aliphatic hydroxyl groups is 1. The molecule has 0 atom stereocenters. The molecule has 0 heterocycles. The lowest BCUT2D eigenvalue weighted by Gasteiger charge is -2.05. The first kappa shape index (κ1) is 21.6. The van der Waals surface area contributed by atoms with E-state index in [0.29, 0.717) is 8.95 Å². The Labute approximate surface area is 157 Å². The highest BCUT2D eigenvalue weighted by Crippen LogP contribution is 2.20. The van der Waals surface area contributed by atoms with Crippen LogP contribution in [0.2, 0.25) is 0 Å². The van der Waals surface area contributed by atoms with Crippen molar-refractivity contribution in [1.82, 2.24) is 0 Å². The summed E-state index contributed by atoms with van der Waals surface area (Å²) >= 11 is 5.98. The largest absolute Gasteiger partial charge is 0.461 e. The van der Waals surface area contributed by atoms with Crippen molar-refractivity contribution in [1.29, 1.82) is 0 Å². The van der Waals surface area contributed by atoms with Gasteiger partial charge in [-0.1, -0.05) is 31.9 Å². The molecule has 0 saturated carbocycles. The second kappa shape index (κ2) is 9.88. The maximum absolute atomic E-state index is 13.0. The number of esters is 1. The van der Waals surface area contributed by atoms with Gasteiger partial charge in [-0.3, -0.25) is 4.79 Å². The third-order valence-corrected chi connectivity index (χ3v) is 3.65. The van der Waals surface area contributed by atoms with Gasteiger partial charge in [0.15, 0.2) is 23.3 Å². The highest BCUT2D eigenvalue weighted by Gasteiger charge is 2.11. The second-order valence-corrected chi connectivity index (χ2v) is 6.49. The van der Waals surface area contributed by atoms with Crippen molar-refractivity contribution < 1.29 is 32.2 Å². The van der Waals surface area contributed by atoms with Crippen LogP contribution in [0.3, 0.4) is 0 Å². The number of carbonyl (C=O) groups is 1. The minimum atomic E-state index is -0.991. The molecule has 0 aliphatic rings. The van der Waals surface area contributed by atoms with Crippen LogP contribution in [0.1, 0.15) is 18.1 Å². The van der Waals surface area contributed by atoms with Crippen LogP contribution < -0.4 is 0 Å². The number of halogens is 6. The molecule has 1 N–H and O–H groups in total. The molecular weight excluding hydrogens is 476 g/mol. The first-order valence-corrected chi connectivity index (χ1v) is 8.25. The molecule has 0 saturated heterocycles. The summed E-state index contributed by atoms with van der Waals surface area (Å²) < 4.78 is 56.4. The molecule has 0 unspecified atom stereocenters.